The molecule has 0 bridgehead atoms. The highest BCUT2D eigenvalue weighted by molar-refractivity contribution is 5.98. The van der Waals surface area contributed by atoms with Gasteiger partial charge in [-0.05, 0) is 42.9 Å². The van der Waals surface area contributed by atoms with E-state index in [0.29, 0.717) is 32.7 Å². The summed E-state index contributed by atoms with van der Waals surface area (Å²) in [5.41, 5.74) is 3.38. The fourth-order valence-corrected chi connectivity index (χ4v) is 4.09. The predicted molar refractivity (Wildman–Crippen MR) is 113 cm³/mol. The Morgan fingerprint density at radius 1 is 1.00 bits per heavy atom. The molecular weight excluding hydrogens is 366 g/mol. The van der Waals surface area contributed by atoms with Crippen LogP contribution in [0.25, 0.3) is 0 Å². The summed E-state index contributed by atoms with van der Waals surface area (Å²) >= 11 is 0. The highest BCUT2D eigenvalue weighted by Crippen LogP contribution is 2.23. The monoisotopic (exact) mass is 399 g/mol. The topological polar surface area (TPSA) is 69.7 Å². The Morgan fingerprint density at radius 3 is 2.52 bits per heavy atom. The van der Waals surface area contributed by atoms with E-state index in [1.54, 1.807) is 0 Å². The first kappa shape index (κ1) is 21.5. The molecule has 1 aromatic rings. The molecule has 29 heavy (non-hydrogen) atoms. The van der Waals surface area contributed by atoms with Gasteiger partial charge in [-0.25, -0.2) is 0 Å². The molecule has 1 heterocycles. The smallest absolute Gasteiger partial charge is 0.234 e. The van der Waals surface area contributed by atoms with Crippen LogP contribution in [0.2, 0.25) is 0 Å². The summed E-state index contributed by atoms with van der Waals surface area (Å²) in [7, 11) is 0. The fourth-order valence-electron chi connectivity index (χ4n) is 4.09. The van der Waals surface area contributed by atoms with E-state index in [1.165, 1.54) is 11.1 Å². The molecule has 0 saturated carbocycles. The van der Waals surface area contributed by atoms with E-state index in [1.807, 2.05) is 17.0 Å². The Bertz CT molecular complexity index is 739. The molecule has 1 aliphatic heterocycles. The maximum absolute atomic E-state index is 12.5. The summed E-state index contributed by atoms with van der Waals surface area (Å²) in [6, 6.07) is 5.98. The zero-order valence-electron chi connectivity index (χ0n) is 17.5. The lowest BCUT2D eigenvalue weighted by Crippen LogP contribution is -2.51. The minimum absolute atomic E-state index is 0.0338. The molecule has 1 aromatic carbocycles. The zero-order valence-corrected chi connectivity index (χ0v) is 17.5. The van der Waals surface area contributed by atoms with E-state index in [-0.39, 0.29) is 30.4 Å². The van der Waals surface area contributed by atoms with Crippen molar-refractivity contribution in [2.45, 2.75) is 51.9 Å². The van der Waals surface area contributed by atoms with Gasteiger partial charge in [-0.1, -0.05) is 25.5 Å². The lowest BCUT2D eigenvalue weighted by atomic mass is 10.0. The number of aryl methyl sites for hydroxylation is 2. The van der Waals surface area contributed by atoms with Crippen molar-refractivity contribution in [2.24, 2.45) is 0 Å². The third kappa shape index (κ3) is 6.13. The molecule has 0 spiro atoms. The van der Waals surface area contributed by atoms with Crippen LogP contribution in [-0.2, 0) is 22.4 Å². The largest absolute Gasteiger partial charge is 0.355 e. The molecule has 6 heteroatoms. The summed E-state index contributed by atoms with van der Waals surface area (Å²) in [4.78, 5) is 40.8. The molecule has 2 amide bonds. The highest BCUT2D eigenvalue weighted by Gasteiger charge is 2.23. The van der Waals surface area contributed by atoms with E-state index < -0.39 is 0 Å². The maximum Gasteiger partial charge on any atom is 0.234 e. The van der Waals surface area contributed by atoms with Crippen molar-refractivity contribution < 1.29 is 14.4 Å². The van der Waals surface area contributed by atoms with E-state index in [9.17, 15) is 14.4 Å². The number of unbranched alkanes of at least 4 members (excludes halogenated alkanes) is 1. The third-order valence-electron chi connectivity index (χ3n) is 5.93. The van der Waals surface area contributed by atoms with Crippen LogP contribution in [0.5, 0.6) is 0 Å². The lowest BCUT2D eigenvalue weighted by Gasteiger charge is -2.34. The molecule has 1 fully saturated rings. The van der Waals surface area contributed by atoms with E-state index >= 15 is 0 Å². The van der Waals surface area contributed by atoms with Crippen molar-refractivity contribution in [3.63, 3.8) is 0 Å². The van der Waals surface area contributed by atoms with Crippen molar-refractivity contribution in [1.82, 2.24) is 15.1 Å². The molecule has 0 aromatic heterocycles. The number of nitrogens with zero attached hydrogens (tertiary/aromatic N) is 2. The first-order valence-corrected chi connectivity index (χ1v) is 11.0. The van der Waals surface area contributed by atoms with Crippen molar-refractivity contribution >= 4 is 17.6 Å². The summed E-state index contributed by atoms with van der Waals surface area (Å²) in [6.45, 7) is 5.86. The molecule has 3 rings (SSSR count). The minimum Gasteiger partial charge on any atom is -0.355 e. The number of piperazine rings is 1. The van der Waals surface area contributed by atoms with Gasteiger partial charge in [0.2, 0.25) is 11.8 Å². The van der Waals surface area contributed by atoms with Gasteiger partial charge in [0.1, 0.15) is 0 Å². The number of hydrogen-bond acceptors (Lipinski definition) is 4. The molecule has 1 aliphatic carbocycles. The van der Waals surface area contributed by atoms with Crippen LogP contribution in [0.15, 0.2) is 18.2 Å². The number of ketones is 1. The van der Waals surface area contributed by atoms with Gasteiger partial charge < -0.3 is 10.2 Å². The van der Waals surface area contributed by atoms with Crippen LogP contribution in [0.3, 0.4) is 0 Å². The van der Waals surface area contributed by atoms with Crippen LogP contribution in [0, 0.1) is 0 Å². The van der Waals surface area contributed by atoms with Crippen LogP contribution >= 0.6 is 0 Å². The second-order valence-corrected chi connectivity index (χ2v) is 8.12. The van der Waals surface area contributed by atoms with Gasteiger partial charge in [-0.2, -0.15) is 0 Å². The van der Waals surface area contributed by atoms with Gasteiger partial charge in [-0.15, -0.1) is 0 Å². The first-order valence-electron chi connectivity index (χ1n) is 11.0. The number of carbonyl (C=O) groups excluding carboxylic acids is 3. The van der Waals surface area contributed by atoms with Gasteiger partial charge in [0.15, 0.2) is 5.78 Å². The van der Waals surface area contributed by atoms with E-state index in [4.69, 9.17) is 0 Å². The normalized spacial score (nSPS) is 16.5. The molecule has 0 unspecified atom stereocenters. The first-order chi connectivity index (χ1) is 14.1. The standard InChI is InChI=1S/C23H33N3O3/c1-2-3-11-24-22(28)17-25-12-14-26(15-13-25)23(29)10-9-21(27)20-8-7-18-5-4-6-19(18)16-20/h7-8,16H,2-6,9-15,17H2,1H3,(H,24,28). The number of fused-ring (bicyclic) bond motifs is 1. The Hall–Kier alpha value is -2.21. The number of Topliss-reactive ketones (excluding diaryl/α,β-unsaturated/α-hetero) is 1. The number of carbonyl (C=O) groups is 3. The fraction of sp³-hybridized carbons (Fsp3) is 0.609. The van der Waals surface area contributed by atoms with Crippen LogP contribution in [-0.4, -0.2) is 66.7 Å². The van der Waals surface area contributed by atoms with Crippen LogP contribution in [0.4, 0.5) is 0 Å². The Kier molecular flexibility index (Phi) is 7.81. The van der Waals surface area contributed by atoms with Gasteiger partial charge in [0.25, 0.3) is 0 Å². The number of amides is 2. The Morgan fingerprint density at radius 2 is 1.76 bits per heavy atom. The molecule has 1 N–H and O–H groups in total. The van der Waals surface area contributed by atoms with Gasteiger partial charge in [0.05, 0.1) is 6.54 Å². The summed E-state index contributed by atoms with van der Waals surface area (Å²) in [5.74, 6) is 0.139. The van der Waals surface area contributed by atoms with Gasteiger partial charge in [-0.3, -0.25) is 19.3 Å². The third-order valence-corrected chi connectivity index (χ3v) is 5.93. The maximum atomic E-state index is 12.5. The highest BCUT2D eigenvalue weighted by atomic mass is 16.2. The zero-order chi connectivity index (χ0) is 20.6. The van der Waals surface area contributed by atoms with Gasteiger partial charge >= 0.3 is 0 Å². The molecular formula is C23H33N3O3. The van der Waals surface area contributed by atoms with E-state index in [0.717, 1.165) is 44.2 Å². The van der Waals surface area contributed by atoms with Gasteiger partial charge in [0, 0.05) is 51.1 Å². The number of benzene rings is 1. The van der Waals surface area contributed by atoms with Crippen LogP contribution < -0.4 is 5.32 Å². The molecule has 0 atom stereocenters. The summed E-state index contributed by atoms with van der Waals surface area (Å²) in [5, 5.41) is 2.93. The van der Waals surface area contributed by atoms with Crippen molar-refractivity contribution in [2.75, 3.05) is 39.3 Å². The minimum atomic E-state index is 0.0338. The molecule has 158 valence electrons. The molecule has 2 aliphatic rings. The summed E-state index contributed by atoms with van der Waals surface area (Å²) in [6.07, 6.45) is 5.90. The van der Waals surface area contributed by atoms with Crippen molar-refractivity contribution in [1.29, 1.82) is 0 Å². The average Bonchev–Trinajstić information content (AvgIpc) is 3.20. The molecule has 6 nitrogen and oxygen atoms in total. The number of hydrogen-bond donors (Lipinski definition) is 1. The average molecular weight is 400 g/mol. The van der Waals surface area contributed by atoms with E-state index in [2.05, 4.69) is 23.2 Å². The Labute approximate surface area is 173 Å². The number of nitrogens with one attached hydrogen (secondary N) is 1. The summed E-state index contributed by atoms with van der Waals surface area (Å²) < 4.78 is 0. The second kappa shape index (κ2) is 10.5. The quantitative estimate of drug-likeness (QED) is 0.511. The Balaban J connectivity index is 1.37. The van der Waals surface area contributed by atoms with Crippen molar-refractivity contribution in [3.05, 3.63) is 34.9 Å². The SMILES string of the molecule is CCCCNC(=O)CN1CCN(C(=O)CCC(=O)c2ccc3c(c2)CCC3)CC1. The number of rotatable bonds is 9. The molecule has 1 saturated heterocycles. The van der Waals surface area contributed by atoms with Crippen LogP contribution in [0.1, 0.15) is 60.5 Å². The predicted octanol–water partition coefficient (Wildman–Crippen LogP) is 2.20. The second-order valence-electron chi connectivity index (χ2n) is 8.12. The van der Waals surface area contributed by atoms with Crippen molar-refractivity contribution in [3.8, 4) is 0 Å². The molecule has 0 radical (unpaired) electrons. The lowest BCUT2D eigenvalue weighted by molar-refractivity contribution is -0.133.